The maximum Gasteiger partial charge on any atom is 0.232 e. The number of carbonyl (C=O) groups excluding carboxylic acids is 2. The molecule has 2 heterocycles. The van der Waals surface area contributed by atoms with Gasteiger partial charge in [-0.3, -0.25) is 9.59 Å². The first-order valence-electron chi connectivity index (χ1n) is 8.12. The minimum Gasteiger partial charge on any atom is -0.326 e. The first-order valence-corrected chi connectivity index (χ1v) is 9.00. The molecule has 1 aromatic carbocycles. The molecule has 0 fully saturated rings. The van der Waals surface area contributed by atoms with E-state index < -0.39 is 5.41 Å². The molecule has 126 valence electrons. The molecule has 1 aliphatic rings. The largest absolute Gasteiger partial charge is 0.326 e. The predicted molar refractivity (Wildman–Crippen MR) is 98.6 cm³/mol. The highest BCUT2D eigenvalue weighted by molar-refractivity contribution is 7.10. The van der Waals surface area contributed by atoms with Crippen molar-refractivity contribution in [2.45, 2.75) is 33.6 Å². The van der Waals surface area contributed by atoms with Gasteiger partial charge in [0.2, 0.25) is 11.8 Å². The number of benzene rings is 1. The summed E-state index contributed by atoms with van der Waals surface area (Å²) in [4.78, 5) is 27.7. The molecule has 0 radical (unpaired) electrons. The van der Waals surface area contributed by atoms with Crippen LogP contribution in [0.4, 0.5) is 11.4 Å². The van der Waals surface area contributed by atoms with Crippen molar-refractivity contribution in [3.05, 3.63) is 46.2 Å². The van der Waals surface area contributed by atoms with Gasteiger partial charge >= 0.3 is 0 Å². The molecule has 2 aromatic rings. The Hall–Kier alpha value is -2.14. The summed E-state index contributed by atoms with van der Waals surface area (Å²) in [5, 5.41) is 4.90. The highest BCUT2D eigenvalue weighted by atomic mass is 32.1. The lowest BCUT2D eigenvalue weighted by Gasteiger charge is -2.26. The Labute approximate surface area is 146 Å². The van der Waals surface area contributed by atoms with Gasteiger partial charge in [-0.1, -0.05) is 32.9 Å². The summed E-state index contributed by atoms with van der Waals surface area (Å²) in [6.45, 7) is 6.50. The first kappa shape index (κ1) is 16.7. The number of hydrogen-bond donors (Lipinski definition) is 1. The Kier molecular flexibility index (Phi) is 4.45. The zero-order valence-corrected chi connectivity index (χ0v) is 15.1. The third-order valence-corrected chi connectivity index (χ3v) is 4.94. The smallest absolute Gasteiger partial charge is 0.232 e. The van der Waals surface area contributed by atoms with Gasteiger partial charge in [0.05, 0.1) is 6.42 Å². The molecule has 5 heteroatoms. The molecule has 0 saturated carbocycles. The van der Waals surface area contributed by atoms with E-state index in [0.29, 0.717) is 13.0 Å². The van der Waals surface area contributed by atoms with E-state index in [4.69, 9.17) is 0 Å². The van der Waals surface area contributed by atoms with Gasteiger partial charge in [0.25, 0.3) is 0 Å². The van der Waals surface area contributed by atoms with Gasteiger partial charge in [-0.15, -0.1) is 11.3 Å². The van der Waals surface area contributed by atoms with Crippen LogP contribution in [-0.4, -0.2) is 18.4 Å². The second kappa shape index (κ2) is 6.40. The Morgan fingerprint density at radius 1 is 1.25 bits per heavy atom. The fraction of sp³-hybridized carbons (Fsp3) is 0.368. The predicted octanol–water partition coefficient (Wildman–Crippen LogP) is 3.86. The second-order valence-corrected chi connectivity index (χ2v) is 8.14. The van der Waals surface area contributed by atoms with Crippen LogP contribution in [0.25, 0.3) is 0 Å². The number of anilines is 2. The quantitative estimate of drug-likeness (QED) is 0.921. The normalized spacial score (nSPS) is 13.7. The number of carbonyl (C=O) groups is 2. The fourth-order valence-corrected chi connectivity index (χ4v) is 3.55. The van der Waals surface area contributed by atoms with Crippen LogP contribution in [-0.2, 0) is 22.4 Å². The Balaban J connectivity index is 1.76. The Morgan fingerprint density at radius 3 is 2.71 bits per heavy atom. The standard InChI is InChI=1S/C19H22N2O2S/c1-19(2,3)18(23)21-9-8-13-6-7-14(11-16(13)21)20-17(22)12-15-5-4-10-24-15/h4-7,10-11H,8-9,12H2,1-3H3,(H,20,22). The summed E-state index contributed by atoms with van der Waals surface area (Å²) in [5.74, 6) is 0.0763. The zero-order chi connectivity index (χ0) is 17.3. The fourth-order valence-electron chi connectivity index (χ4n) is 2.85. The number of nitrogens with one attached hydrogen (secondary N) is 1. The van der Waals surface area contributed by atoms with Crippen molar-refractivity contribution in [3.8, 4) is 0 Å². The van der Waals surface area contributed by atoms with Crippen LogP contribution in [0.1, 0.15) is 31.2 Å². The van der Waals surface area contributed by atoms with Crippen LogP contribution in [0.2, 0.25) is 0 Å². The van der Waals surface area contributed by atoms with Crippen molar-refractivity contribution < 1.29 is 9.59 Å². The van der Waals surface area contributed by atoms with E-state index in [9.17, 15) is 9.59 Å². The number of hydrogen-bond acceptors (Lipinski definition) is 3. The van der Waals surface area contributed by atoms with Gasteiger partial charge in [-0.25, -0.2) is 0 Å². The van der Waals surface area contributed by atoms with Crippen molar-refractivity contribution in [2.75, 3.05) is 16.8 Å². The third kappa shape index (κ3) is 3.51. The number of nitrogens with zero attached hydrogens (tertiary/aromatic N) is 1. The molecule has 0 unspecified atom stereocenters. The highest BCUT2D eigenvalue weighted by Gasteiger charge is 2.32. The second-order valence-electron chi connectivity index (χ2n) is 7.10. The molecule has 0 saturated heterocycles. The van der Waals surface area contributed by atoms with Gasteiger partial charge in [-0.2, -0.15) is 0 Å². The molecule has 0 spiro atoms. The van der Waals surface area contributed by atoms with E-state index in [-0.39, 0.29) is 11.8 Å². The Morgan fingerprint density at radius 2 is 2.04 bits per heavy atom. The number of rotatable bonds is 3. The van der Waals surface area contributed by atoms with E-state index in [1.807, 2.05) is 61.4 Å². The first-order chi connectivity index (χ1) is 11.3. The van der Waals surface area contributed by atoms with E-state index >= 15 is 0 Å². The minimum absolute atomic E-state index is 0.0379. The molecule has 1 N–H and O–H groups in total. The van der Waals surface area contributed by atoms with Gasteiger partial charge < -0.3 is 10.2 Å². The lowest BCUT2D eigenvalue weighted by atomic mass is 9.94. The van der Waals surface area contributed by atoms with Gasteiger partial charge in [0.15, 0.2) is 0 Å². The summed E-state index contributed by atoms with van der Waals surface area (Å²) < 4.78 is 0. The SMILES string of the molecule is CC(C)(C)C(=O)N1CCc2ccc(NC(=O)Cc3cccs3)cc21. The van der Waals surface area contributed by atoms with E-state index in [0.717, 1.165) is 28.2 Å². The summed E-state index contributed by atoms with van der Waals surface area (Å²) in [6, 6.07) is 9.73. The topological polar surface area (TPSA) is 49.4 Å². The van der Waals surface area contributed by atoms with Crippen molar-refractivity contribution >= 4 is 34.5 Å². The van der Waals surface area contributed by atoms with Crippen molar-refractivity contribution in [1.82, 2.24) is 0 Å². The summed E-state index contributed by atoms with van der Waals surface area (Å²) >= 11 is 1.58. The van der Waals surface area contributed by atoms with Crippen LogP contribution in [0.3, 0.4) is 0 Å². The van der Waals surface area contributed by atoms with Crippen LogP contribution >= 0.6 is 11.3 Å². The van der Waals surface area contributed by atoms with Crippen molar-refractivity contribution in [2.24, 2.45) is 5.41 Å². The van der Waals surface area contributed by atoms with Gasteiger partial charge in [0.1, 0.15) is 0 Å². The van der Waals surface area contributed by atoms with Crippen LogP contribution in [0.5, 0.6) is 0 Å². The highest BCUT2D eigenvalue weighted by Crippen LogP contribution is 2.34. The summed E-state index contributed by atoms with van der Waals surface area (Å²) in [6.07, 6.45) is 1.24. The minimum atomic E-state index is -0.417. The summed E-state index contributed by atoms with van der Waals surface area (Å²) in [7, 11) is 0. The average molecular weight is 342 g/mol. The number of fused-ring (bicyclic) bond motifs is 1. The van der Waals surface area contributed by atoms with Crippen LogP contribution in [0, 0.1) is 5.41 Å². The monoisotopic (exact) mass is 342 g/mol. The number of thiophene rings is 1. The molecule has 1 aliphatic heterocycles. The molecule has 3 rings (SSSR count). The van der Waals surface area contributed by atoms with E-state index in [1.165, 1.54) is 0 Å². The molecule has 24 heavy (non-hydrogen) atoms. The van der Waals surface area contributed by atoms with E-state index in [1.54, 1.807) is 11.3 Å². The zero-order valence-electron chi connectivity index (χ0n) is 14.3. The molecule has 0 aliphatic carbocycles. The maximum absolute atomic E-state index is 12.6. The molecule has 1 aromatic heterocycles. The van der Waals surface area contributed by atoms with Crippen LogP contribution in [0.15, 0.2) is 35.7 Å². The summed E-state index contributed by atoms with van der Waals surface area (Å²) in [5.41, 5.74) is 2.40. The molecule has 2 amide bonds. The van der Waals surface area contributed by atoms with Crippen molar-refractivity contribution in [3.63, 3.8) is 0 Å². The van der Waals surface area contributed by atoms with Gasteiger partial charge in [0, 0.05) is 28.2 Å². The van der Waals surface area contributed by atoms with Crippen molar-refractivity contribution in [1.29, 1.82) is 0 Å². The van der Waals surface area contributed by atoms with E-state index in [2.05, 4.69) is 5.32 Å². The maximum atomic E-state index is 12.6. The van der Waals surface area contributed by atoms with Gasteiger partial charge in [-0.05, 0) is 35.6 Å². The van der Waals surface area contributed by atoms with Crippen LogP contribution < -0.4 is 10.2 Å². The molecule has 0 atom stereocenters. The molecular formula is C19H22N2O2S. The number of amides is 2. The Bertz CT molecular complexity index is 760. The third-order valence-electron chi connectivity index (χ3n) is 4.07. The average Bonchev–Trinajstić information content (AvgIpc) is 3.14. The molecular weight excluding hydrogens is 320 g/mol. The molecule has 4 nitrogen and oxygen atoms in total. The lowest BCUT2D eigenvalue weighted by molar-refractivity contribution is -0.125. The molecule has 0 bridgehead atoms. The lowest BCUT2D eigenvalue weighted by Crippen LogP contribution is -2.38.